The van der Waals surface area contributed by atoms with Crippen molar-refractivity contribution in [2.45, 2.75) is 83.1 Å². The van der Waals surface area contributed by atoms with Crippen molar-refractivity contribution in [2.24, 2.45) is 0 Å². The smallest absolute Gasteiger partial charge is 0.224 e. The van der Waals surface area contributed by atoms with E-state index in [-0.39, 0.29) is 30.6 Å². The molecule has 4 aromatic carbocycles. The quantitative estimate of drug-likeness (QED) is 0.0698. The SMILES string of the molecule is CN(Cc1ccccc1)CC1CC(c2ccc(CO)cc2)OC(c2ccc(CNC(=O)CCCCCCC(=O)Nc3ccccc3N)cc2)O1. The molecule has 0 spiro atoms. The monoisotopic (exact) mass is 678 g/mol. The first-order chi connectivity index (χ1) is 24.4. The molecule has 0 bridgehead atoms. The zero-order valence-corrected chi connectivity index (χ0v) is 28.9. The van der Waals surface area contributed by atoms with Crippen LogP contribution in [0.4, 0.5) is 11.4 Å². The van der Waals surface area contributed by atoms with E-state index in [0.717, 1.165) is 67.4 Å². The van der Waals surface area contributed by atoms with Gasteiger partial charge in [0.25, 0.3) is 0 Å². The Balaban J connectivity index is 1.07. The number of carbonyl (C=O) groups is 2. The Morgan fingerprint density at radius 2 is 1.40 bits per heavy atom. The zero-order chi connectivity index (χ0) is 35.1. The molecular formula is C41H50N4O5. The molecule has 264 valence electrons. The Hall–Kier alpha value is -4.54. The van der Waals surface area contributed by atoms with Gasteiger partial charge in [0, 0.05) is 44.5 Å². The van der Waals surface area contributed by atoms with Crippen LogP contribution in [0.1, 0.15) is 85.2 Å². The predicted molar refractivity (Wildman–Crippen MR) is 197 cm³/mol. The summed E-state index contributed by atoms with van der Waals surface area (Å²) in [5.74, 6) is -0.0317. The summed E-state index contributed by atoms with van der Waals surface area (Å²) in [5, 5.41) is 15.4. The second-order valence-corrected chi connectivity index (χ2v) is 13.1. The number of nitrogens with one attached hydrogen (secondary N) is 2. The number of benzene rings is 4. The summed E-state index contributed by atoms with van der Waals surface area (Å²) in [6.07, 6.45) is 4.19. The number of aliphatic hydroxyl groups is 1. The fourth-order valence-corrected chi connectivity index (χ4v) is 6.17. The van der Waals surface area contributed by atoms with Crippen molar-refractivity contribution in [1.29, 1.82) is 0 Å². The van der Waals surface area contributed by atoms with E-state index in [2.05, 4.69) is 46.8 Å². The fourth-order valence-electron chi connectivity index (χ4n) is 6.17. The van der Waals surface area contributed by atoms with Crippen LogP contribution in [-0.4, -0.2) is 41.5 Å². The number of ether oxygens (including phenoxy) is 2. The molecular weight excluding hydrogens is 628 g/mol. The van der Waals surface area contributed by atoms with E-state index < -0.39 is 6.29 Å². The summed E-state index contributed by atoms with van der Waals surface area (Å²) in [5.41, 5.74) is 12.2. The highest BCUT2D eigenvalue weighted by molar-refractivity contribution is 5.93. The second-order valence-electron chi connectivity index (χ2n) is 13.1. The Labute approximate surface area is 295 Å². The molecule has 1 heterocycles. The number of nitrogen functional groups attached to an aromatic ring is 1. The number of nitrogens with two attached hydrogens (primary N) is 1. The molecule has 3 unspecified atom stereocenters. The average molecular weight is 679 g/mol. The van der Waals surface area contributed by atoms with Gasteiger partial charge in [0.15, 0.2) is 6.29 Å². The van der Waals surface area contributed by atoms with Gasteiger partial charge in [0.05, 0.1) is 30.2 Å². The molecule has 9 heteroatoms. The van der Waals surface area contributed by atoms with Gasteiger partial charge in [0.1, 0.15) is 0 Å². The van der Waals surface area contributed by atoms with E-state index in [1.807, 2.05) is 66.7 Å². The summed E-state index contributed by atoms with van der Waals surface area (Å²) in [6, 6.07) is 33.6. The van der Waals surface area contributed by atoms with Crippen molar-refractivity contribution in [3.05, 3.63) is 131 Å². The summed E-state index contributed by atoms with van der Waals surface area (Å²) < 4.78 is 13.0. The number of hydrogen-bond donors (Lipinski definition) is 4. The number of carbonyl (C=O) groups excluding carboxylic acids is 2. The molecule has 5 N–H and O–H groups in total. The minimum absolute atomic E-state index is 0.00520. The Morgan fingerprint density at radius 3 is 2.10 bits per heavy atom. The van der Waals surface area contributed by atoms with Crippen molar-refractivity contribution in [1.82, 2.24) is 10.2 Å². The van der Waals surface area contributed by atoms with E-state index in [9.17, 15) is 14.7 Å². The molecule has 0 aliphatic carbocycles. The van der Waals surface area contributed by atoms with Crippen LogP contribution in [-0.2, 0) is 38.8 Å². The number of aliphatic hydroxyl groups excluding tert-OH is 1. The lowest BCUT2D eigenvalue weighted by Crippen LogP contribution is -2.37. The number of amides is 2. The maximum absolute atomic E-state index is 12.5. The lowest BCUT2D eigenvalue weighted by molar-refractivity contribution is -0.252. The summed E-state index contributed by atoms with van der Waals surface area (Å²) in [7, 11) is 2.11. The number of unbranched alkanes of at least 4 members (excludes halogenated alkanes) is 3. The molecule has 4 aromatic rings. The van der Waals surface area contributed by atoms with Gasteiger partial charge in [-0.3, -0.25) is 14.5 Å². The van der Waals surface area contributed by atoms with E-state index >= 15 is 0 Å². The van der Waals surface area contributed by atoms with Gasteiger partial charge in [0.2, 0.25) is 11.8 Å². The van der Waals surface area contributed by atoms with Crippen molar-refractivity contribution < 1.29 is 24.2 Å². The van der Waals surface area contributed by atoms with Crippen LogP contribution in [0.15, 0.2) is 103 Å². The normalized spacial score (nSPS) is 17.4. The highest BCUT2D eigenvalue weighted by Gasteiger charge is 2.32. The van der Waals surface area contributed by atoms with Crippen molar-refractivity contribution in [2.75, 3.05) is 24.6 Å². The van der Waals surface area contributed by atoms with Gasteiger partial charge in [-0.05, 0) is 54.3 Å². The van der Waals surface area contributed by atoms with E-state index in [1.165, 1.54) is 5.56 Å². The number of para-hydroxylation sites is 2. The van der Waals surface area contributed by atoms with Crippen LogP contribution in [0, 0.1) is 0 Å². The molecule has 1 aliphatic heterocycles. The van der Waals surface area contributed by atoms with Crippen LogP contribution in [0.3, 0.4) is 0 Å². The van der Waals surface area contributed by atoms with E-state index in [1.54, 1.807) is 12.1 Å². The predicted octanol–water partition coefficient (Wildman–Crippen LogP) is 7.03. The second kappa shape index (κ2) is 19.0. The van der Waals surface area contributed by atoms with Gasteiger partial charge in [-0.2, -0.15) is 0 Å². The van der Waals surface area contributed by atoms with Crippen molar-refractivity contribution in [3.8, 4) is 0 Å². The molecule has 0 saturated carbocycles. The number of rotatable bonds is 17. The van der Waals surface area contributed by atoms with Crippen LogP contribution in [0.2, 0.25) is 0 Å². The van der Waals surface area contributed by atoms with Gasteiger partial charge >= 0.3 is 0 Å². The first-order valence-electron chi connectivity index (χ1n) is 17.6. The van der Waals surface area contributed by atoms with Gasteiger partial charge in [-0.25, -0.2) is 0 Å². The minimum Gasteiger partial charge on any atom is -0.397 e. The van der Waals surface area contributed by atoms with Crippen molar-refractivity contribution >= 4 is 23.2 Å². The highest BCUT2D eigenvalue weighted by Crippen LogP contribution is 2.38. The number of likely N-dealkylation sites (N-methyl/N-ethyl adjacent to an activating group) is 1. The molecule has 2 amide bonds. The zero-order valence-electron chi connectivity index (χ0n) is 28.9. The molecule has 5 rings (SSSR count). The molecule has 0 aromatic heterocycles. The van der Waals surface area contributed by atoms with Crippen LogP contribution in [0.25, 0.3) is 0 Å². The number of nitrogens with zero attached hydrogens (tertiary/aromatic N) is 1. The standard InChI is InChI=1S/C41H50N4O5/c1-45(27-31-11-5-4-6-12-31)28-35-25-38(33-21-19-32(29-46)20-22-33)50-41(49-35)34-23-17-30(18-24-34)26-43-39(47)15-7-2-3-8-16-40(48)44-37-14-10-9-13-36(37)42/h4-6,9-14,17-24,35,38,41,46H,2-3,7-8,15-16,25-29,42H2,1H3,(H,43,47)(H,44,48). The summed E-state index contributed by atoms with van der Waals surface area (Å²) >= 11 is 0. The molecule has 1 fully saturated rings. The number of hydrogen-bond acceptors (Lipinski definition) is 7. The lowest BCUT2D eigenvalue weighted by Gasteiger charge is -2.38. The third-order valence-corrected chi connectivity index (χ3v) is 8.96. The average Bonchev–Trinajstić information content (AvgIpc) is 3.13. The Bertz CT molecular complexity index is 1630. The number of anilines is 2. The summed E-state index contributed by atoms with van der Waals surface area (Å²) in [4.78, 5) is 27.0. The van der Waals surface area contributed by atoms with Crippen LogP contribution in [0.5, 0.6) is 0 Å². The maximum Gasteiger partial charge on any atom is 0.224 e. The lowest BCUT2D eigenvalue weighted by atomic mass is 9.99. The molecule has 3 atom stereocenters. The van der Waals surface area contributed by atoms with E-state index in [4.69, 9.17) is 15.2 Å². The molecule has 0 radical (unpaired) electrons. The highest BCUT2D eigenvalue weighted by atomic mass is 16.7. The molecule has 1 saturated heterocycles. The third kappa shape index (κ3) is 11.5. The first-order valence-corrected chi connectivity index (χ1v) is 17.6. The minimum atomic E-state index is -0.535. The van der Waals surface area contributed by atoms with Gasteiger partial charge < -0.3 is 30.9 Å². The Morgan fingerprint density at radius 1 is 0.760 bits per heavy atom. The van der Waals surface area contributed by atoms with Crippen LogP contribution < -0.4 is 16.4 Å². The van der Waals surface area contributed by atoms with Gasteiger partial charge in [-0.1, -0.05) is 104 Å². The van der Waals surface area contributed by atoms with Gasteiger partial charge in [-0.15, -0.1) is 0 Å². The molecule has 9 nitrogen and oxygen atoms in total. The van der Waals surface area contributed by atoms with Crippen molar-refractivity contribution in [3.63, 3.8) is 0 Å². The maximum atomic E-state index is 12.5. The Kier molecular flexibility index (Phi) is 14.0. The third-order valence-electron chi connectivity index (χ3n) is 8.96. The molecule has 50 heavy (non-hydrogen) atoms. The first kappa shape index (κ1) is 36.7. The molecule has 1 aliphatic rings. The topological polar surface area (TPSA) is 126 Å². The van der Waals surface area contributed by atoms with E-state index in [0.29, 0.717) is 30.8 Å². The summed E-state index contributed by atoms with van der Waals surface area (Å²) in [6.45, 7) is 2.03. The van der Waals surface area contributed by atoms with Crippen LogP contribution >= 0.6 is 0 Å². The largest absolute Gasteiger partial charge is 0.397 e. The fraction of sp³-hybridized carbons (Fsp3) is 0.366.